The molecule has 3 nitrogen and oxygen atoms in total. The molecule has 1 atom stereocenters. The number of aldehydes is 1. The third kappa shape index (κ3) is 1.36. The van der Waals surface area contributed by atoms with Crippen molar-refractivity contribution in [3.63, 3.8) is 0 Å². The number of carbonyl (C=O) groups is 1. The summed E-state index contributed by atoms with van der Waals surface area (Å²) in [4.78, 5) is 10.4. The highest BCUT2D eigenvalue weighted by Gasteiger charge is 2.41. The van der Waals surface area contributed by atoms with Crippen molar-refractivity contribution in [3.05, 3.63) is 0 Å². The number of rotatable bonds is 1. The minimum atomic E-state index is -0.733. The Morgan fingerprint density at radius 1 is 1.40 bits per heavy atom. The molecule has 1 fully saturated rings. The van der Waals surface area contributed by atoms with E-state index in [9.17, 15) is 4.79 Å². The number of hydrogen-bond donors (Lipinski definition) is 0. The SMILES string of the molecule is CC1(C=O)COC(C)(C)O1. The van der Waals surface area contributed by atoms with Crippen LogP contribution in [0.15, 0.2) is 0 Å². The van der Waals surface area contributed by atoms with Crippen LogP contribution in [0, 0.1) is 0 Å². The van der Waals surface area contributed by atoms with Gasteiger partial charge in [0.2, 0.25) is 0 Å². The summed E-state index contributed by atoms with van der Waals surface area (Å²) < 4.78 is 10.5. The molecule has 1 unspecified atom stereocenters. The summed E-state index contributed by atoms with van der Waals surface area (Å²) in [5, 5.41) is 0. The van der Waals surface area contributed by atoms with Crippen LogP contribution >= 0.6 is 0 Å². The molecule has 0 aromatic carbocycles. The molecule has 1 heterocycles. The van der Waals surface area contributed by atoms with Crippen LogP contribution in [0.4, 0.5) is 0 Å². The Balaban J connectivity index is 2.66. The molecule has 1 saturated heterocycles. The van der Waals surface area contributed by atoms with E-state index in [1.54, 1.807) is 20.8 Å². The van der Waals surface area contributed by atoms with Crippen LogP contribution in [0.5, 0.6) is 0 Å². The minimum absolute atomic E-state index is 0.351. The standard InChI is InChI=1S/C7H12O3/c1-6(2)9-5-7(3,4-8)10-6/h4H,5H2,1-3H3. The summed E-state index contributed by atoms with van der Waals surface area (Å²) in [6.07, 6.45) is 0.780. The molecule has 1 aliphatic rings. The first-order valence-corrected chi connectivity index (χ1v) is 3.28. The van der Waals surface area contributed by atoms with Crippen molar-refractivity contribution in [3.8, 4) is 0 Å². The van der Waals surface area contributed by atoms with Gasteiger partial charge in [0.1, 0.15) is 5.60 Å². The molecule has 0 radical (unpaired) electrons. The van der Waals surface area contributed by atoms with Gasteiger partial charge in [-0.1, -0.05) is 0 Å². The van der Waals surface area contributed by atoms with Gasteiger partial charge in [-0.2, -0.15) is 0 Å². The molecule has 10 heavy (non-hydrogen) atoms. The van der Waals surface area contributed by atoms with E-state index < -0.39 is 11.4 Å². The fourth-order valence-corrected chi connectivity index (χ4v) is 0.996. The third-order valence-corrected chi connectivity index (χ3v) is 1.43. The van der Waals surface area contributed by atoms with Gasteiger partial charge in [0, 0.05) is 0 Å². The average molecular weight is 144 g/mol. The molecule has 0 N–H and O–H groups in total. The molecule has 1 rings (SSSR count). The van der Waals surface area contributed by atoms with E-state index >= 15 is 0 Å². The Bertz CT molecular complexity index is 153. The second-order valence-electron chi connectivity index (χ2n) is 3.22. The lowest BCUT2D eigenvalue weighted by molar-refractivity contribution is -0.161. The van der Waals surface area contributed by atoms with E-state index in [0.29, 0.717) is 6.61 Å². The molecule has 1 aliphatic heterocycles. The van der Waals surface area contributed by atoms with E-state index in [-0.39, 0.29) is 0 Å². The Labute approximate surface area is 60.3 Å². The van der Waals surface area contributed by atoms with E-state index in [2.05, 4.69) is 0 Å². The Morgan fingerprint density at radius 3 is 2.20 bits per heavy atom. The highest BCUT2D eigenvalue weighted by Crippen LogP contribution is 2.28. The van der Waals surface area contributed by atoms with Crippen LogP contribution in [0.25, 0.3) is 0 Å². The average Bonchev–Trinajstić information content (AvgIpc) is 2.08. The van der Waals surface area contributed by atoms with E-state index in [1.165, 1.54) is 0 Å². The molecule has 58 valence electrons. The monoisotopic (exact) mass is 144 g/mol. The fourth-order valence-electron chi connectivity index (χ4n) is 0.996. The van der Waals surface area contributed by atoms with Crippen LogP contribution in [0.2, 0.25) is 0 Å². The molecule has 0 aromatic heterocycles. The van der Waals surface area contributed by atoms with Gasteiger partial charge in [0.15, 0.2) is 12.1 Å². The van der Waals surface area contributed by atoms with E-state index in [0.717, 1.165) is 6.29 Å². The molecule has 0 aromatic rings. The zero-order chi connectivity index (χ0) is 7.83. The van der Waals surface area contributed by atoms with Crippen molar-refractivity contribution in [1.29, 1.82) is 0 Å². The molecular formula is C7H12O3. The summed E-state index contributed by atoms with van der Waals surface area (Å²) in [6, 6.07) is 0. The summed E-state index contributed by atoms with van der Waals surface area (Å²) in [5.41, 5.74) is -0.733. The van der Waals surface area contributed by atoms with Gasteiger partial charge in [-0.05, 0) is 20.8 Å². The molecule has 0 spiro atoms. The lowest BCUT2D eigenvalue weighted by atomic mass is 10.1. The van der Waals surface area contributed by atoms with Crippen molar-refractivity contribution in [2.75, 3.05) is 6.61 Å². The first-order chi connectivity index (χ1) is 4.47. The van der Waals surface area contributed by atoms with E-state index in [4.69, 9.17) is 9.47 Å². The van der Waals surface area contributed by atoms with Crippen molar-refractivity contribution < 1.29 is 14.3 Å². The molecule has 0 saturated carbocycles. The molecule has 0 bridgehead atoms. The van der Waals surface area contributed by atoms with Gasteiger partial charge in [0.25, 0.3) is 0 Å². The van der Waals surface area contributed by atoms with E-state index in [1.807, 2.05) is 0 Å². The maximum Gasteiger partial charge on any atom is 0.164 e. The minimum Gasteiger partial charge on any atom is -0.347 e. The summed E-state index contributed by atoms with van der Waals surface area (Å²) >= 11 is 0. The van der Waals surface area contributed by atoms with Crippen molar-refractivity contribution >= 4 is 6.29 Å². The maximum absolute atomic E-state index is 10.4. The van der Waals surface area contributed by atoms with Crippen LogP contribution in [0.1, 0.15) is 20.8 Å². The van der Waals surface area contributed by atoms with Gasteiger partial charge < -0.3 is 14.3 Å². The summed E-state index contributed by atoms with van der Waals surface area (Å²) in [7, 11) is 0. The lowest BCUT2D eigenvalue weighted by Gasteiger charge is -2.19. The molecule has 0 aliphatic carbocycles. The Hall–Kier alpha value is -0.410. The van der Waals surface area contributed by atoms with Gasteiger partial charge in [0.05, 0.1) is 6.61 Å². The second-order valence-corrected chi connectivity index (χ2v) is 3.22. The second kappa shape index (κ2) is 2.04. The zero-order valence-electron chi connectivity index (χ0n) is 6.51. The molecule has 0 amide bonds. The lowest BCUT2D eigenvalue weighted by Crippen LogP contribution is -2.32. The summed E-state index contributed by atoms with van der Waals surface area (Å²) in [6.45, 7) is 5.65. The normalized spacial score (nSPS) is 37.9. The Kier molecular flexibility index (Phi) is 1.57. The third-order valence-electron chi connectivity index (χ3n) is 1.43. The predicted octanol–water partition coefficient (Wildman–Crippen LogP) is 0.727. The first-order valence-electron chi connectivity index (χ1n) is 3.28. The number of ether oxygens (including phenoxy) is 2. The van der Waals surface area contributed by atoms with Crippen molar-refractivity contribution in [2.45, 2.75) is 32.2 Å². The predicted molar refractivity (Wildman–Crippen MR) is 35.6 cm³/mol. The molecular weight excluding hydrogens is 132 g/mol. The highest BCUT2D eigenvalue weighted by molar-refractivity contribution is 5.62. The zero-order valence-corrected chi connectivity index (χ0v) is 6.51. The smallest absolute Gasteiger partial charge is 0.164 e. The highest BCUT2D eigenvalue weighted by atomic mass is 16.8. The number of carbonyl (C=O) groups excluding carboxylic acids is 1. The van der Waals surface area contributed by atoms with Crippen molar-refractivity contribution in [1.82, 2.24) is 0 Å². The number of hydrogen-bond acceptors (Lipinski definition) is 3. The first kappa shape index (κ1) is 7.69. The van der Waals surface area contributed by atoms with Gasteiger partial charge >= 0.3 is 0 Å². The largest absolute Gasteiger partial charge is 0.347 e. The van der Waals surface area contributed by atoms with Crippen LogP contribution in [-0.2, 0) is 14.3 Å². The quantitative estimate of drug-likeness (QED) is 0.509. The van der Waals surface area contributed by atoms with Gasteiger partial charge in [-0.25, -0.2) is 0 Å². The van der Waals surface area contributed by atoms with Crippen molar-refractivity contribution in [2.24, 2.45) is 0 Å². The maximum atomic E-state index is 10.4. The Morgan fingerprint density at radius 2 is 2.00 bits per heavy atom. The van der Waals surface area contributed by atoms with Gasteiger partial charge in [-0.3, -0.25) is 0 Å². The van der Waals surface area contributed by atoms with Crippen LogP contribution < -0.4 is 0 Å². The topological polar surface area (TPSA) is 35.5 Å². The summed E-state index contributed by atoms with van der Waals surface area (Å²) in [5.74, 6) is -0.602. The van der Waals surface area contributed by atoms with Crippen LogP contribution in [0.3, 0.4) is 0 Å². The van der Waals surface area contributed by atoms with Crippen LogP contribution in [-0.4, -0.2) is 24.3 Å². The molecule has 3 heteroatoms. The van der Waals surface area contributed by atoms with Gasteiger partial charge in [-0.15, -0.1) is 0 Å². The fraction of sp³-hybridized carbons (Fsp3) is 0.857.